The topological polar surface area (TPSA) is 67.6 Å². The molecular formula is C32H29ClF4N4O2S. The number of rotatable bonds is 5. The summed E-state index contributed by atoms with van der Waals surface area (Å²) in [5, 5.41) is 10.2. The van der Waals surface area contributed by atoms with Crippen LogP contribution in [0.15, 0.2) is 65.6 Å². The molecule has 3 aliphatic rings. The lowest BCUT2D eigenvalue weighted by Crippen LogP contribution is -2.66. The van der Waals surface area contributed by atoms with Gasteiger partial charge in [0.2, 0.25) is 0 Å². The van der Waals surface area contributed by atoms with Gasteiger partial charge in [-0.15, -0.1) is 0 Å². The minimum atomic E-state index is -4.72. The Balaban J connectivity index is 1.44. The van der Waals surface area contributed by atoms with E-state index in [-0.39, 0.29) is 23.2 Å². The van der Waals surface area contributed by atoms with Crippen molar-refractivity contribution in [1.82, 2.24) is 4.90 Å². The van der Waals surface area contributed by atoms with E-state index in [4.69, 9.17) is 11.6 Å². The molecule has 44 heavy (non-hydrogen) atoms. The maximum absolute atomic E-state index is 14.6. The maximum atomic E-state index is 14.6. The molecule has 0 N–H and O–H groups in total. The highest BCUT2D eigenvalue weighted by molar-refractivity contribution is 7.92. The Kier molecular flexibility index (Phi) is 7.67. The molecule has 12 heteroatoms. The molecule has 3 aromatic rings. The van der Waals surface area contributed by atoms with Crippen LogP contribution in [-0.4, -0.2) is 51.1 Å². The van der Waals surface area contributed by atoms with Crippen molar-refractivity contribution in [2.24, 2.45) is 0 Å². The molecule has 2 fully saturated rings. The van der Waals surface area contributed by atoms with E-state index in [0.29, 0.717) is 48.2 Å². The number of fused-ring (bicyclic) bond motifs is 3. The lowest BCUT2D eigenvalue weighted by molar-refractivity contribution is -0.137. The number of nitrogens with zero attached hydrogens (tertiary/aromatic N) is 4. The third-order valence-electron chi connectivity index (χ3n) is 8.92. The van der Waals surface area contributed by atoms with Gasteiger partial charge in [-0.1, -0.05) is 35.9 Å². The zero-order valence-electron chi connectivity index (χ0n) is 23.8. The molecule has 0 bridgehead atoms. The number of nitriles is 1. The van der Waals surface area contributed by atoms with Crippen molar-refractivity contribution < 1.29 is 26.0 Å². The van der Waals surface area contributed by atoms with E-state index in [1.807, 2.05) is 0 Å². The van der Waals surface area contributed by atoms with Crippen LogP contribution >= 0.6 is 11.6 Å². The van der Waals surface area contributed by atoms with E-state index in [1.54, 1.807) is 37.3 Å². The third kappa shape index (κ3) is 5.23. The van der Waals surface area contributed by atoms with E-state index in [2.05, 4.69) is 15.9 Å². The molecule has 0 aromatic heterocycles. The van der Waals surface area contributed by atoms with Crippen molar-refractivity contribution in [3.05, 3.63) is 88.2 Å². The smallest absolute Gasteiger partial charge is 0.362 e. The fourth-order valence-corrected chi connectivity index (χ4v) is 8.34. The molecule has 2 aliphatic heterocycles. The fraction of sp³-hybridized carbons (Fsp3) is 0.344. The molecule has 0 radical (unpaired) electrons. The number of halogens is 5. The molecule has 1 unspecified atom stereocenters. The van der Waals surface area contributed by atoms with Crippen molar-refractivity contribution in [3.63, 3.8) is 0 Å². The predicted molar refractivity (Wildman–Crippen MR) is 162 cm³/mol. The van der Waals surface area contributed by atoms with Crippen LogP contribution in [0.5, 0.6) is 0 Å². The monoisotopic (exact) mass is 644 g/mol. The summed E-state index contributed by atoms with van der Waals surface area (Å²) in [6.45, 7) is 3.29. The number of anilines is 2. The average Bonchev–Trinajstić information content (AvgIpc) is 2.96. The zero-order valence-corrected chi connectivity index (χ0v) is 25.4. The number of hydrogen-bond acceptors (Lipinski definition) is 5. The molecule has 0 spiro atoms. The van der Waals surface area contributed by atoms with E-state index in [9.17, 15) is 31.2 Å². The average molecular weight is 645 g/mol. The molecule has 2 heterocycles. The van der Waals surface area contributed by atoms with Crippen LogP contribution in [0.1, 0.15) is 42.9 Å². The van der Waals surface area contributed by atoms with Gasteiger partial charge in [0.25, 0.3) is 10.0 Å². The fourth-order valence-electron chi connectivity index (χ4n) is 6.47. The van der Waals surface area contributed by atoms with E-state index >= 15 is 0 Å². The number of benzene rings is 3. The number of hydrogen-bond donors (Lipinski definition) is 0. The highest BCUT2D eigenvalue weighted by atomic mass is 35.5. The summed E-state index contributed by atoms with van der Waals surface area (Å²) in [5.41, 5.74) is 0.610. The SMILES string of the molecule is C/C(=C\c1ccc2c(c1)N(S(=O)(=O)c1cccc(C(F)(F)F)c1)CC1CN(C3(C#N)CCC3)CCN21)c1c(F)cccc1Cl. The Morgan fingerprint density at radius 2 is 1.80 bits per heavy atom. The molecule has 1 atom stereocenters. The Morgan fingerprint density at radius 1 is 1.05 bits per heavy atom. The van der Waals surface area contributed by atoms with Gasteiger partial charge in [-0.25, -0.2) is 12.8 Å². The second-order valence-corrected chi connectivity index (χ2v) is 13.8. The molecule has 230 valence electrons. The zero-order chi connectivity index (χ0) is 31.4. The Hall–Kier alpha value is -3.59. The van der Waals surface area contributed by atoms with Crippen LogP contribution in [0, 0.1) is 17.1 Å². The Bertz CT molecular complexity index is 1780. The van der Waals surface area contributed by atoms with Crippen molar-refractivity contribution in [2.75, 3.05) is 35.4 Å². The quantitative estimate of drug-likeness (QED) is 0.217. The van der Waals surface area contributed by atoms with Gasteiger partial charge in [-0.3, -0.25) is 9.21 Å². The highest BCUT2D eigenvalue weighted by Gasteiger charge is 2.48. The molecule has 3 aromatic carbocycles. The summed E-state index contributed by atoms with van der Waals surface area (Å²) < 4.78 is 84.8. The van der Waals surface area contributed by atoms with Crippen molar-refractivity contribution >= 4 is 44.6 Å². The Morgan fingerprint density at radius 3 is 2.45 bits per heavy atom. The van der Waals surface area contributed by atoms with Crippen LogP contribution in [-0.2, 0) is 16.2 Å². The second-order valence-electron chi connectivity index (χ2n) is 11.5. The highest BCUT2D eigenvalue weighted by Crippen LogP contribution is 2.44. The number of sulfonamides is 1. The molecule has 1 saturated carbocycles. The molecule has 6 rings (SSSR count). The first-order valence-electron chi connectivity index (χ1n) is 14.2. The van der Waals surface area contributed by atoms with Crippen molar-refractivity contribution in [2.45, 2.75) is 48.8 Å². The number of piperazine rings is 1. The van der Waals surface area contributed by atoms with Crippen LogP contribution in [0.3, 0.4) is 0 Å². The number of allylic oxidation sites excluding steroid dienone is 1. The normalized spacial score (nSPS) is 20.4. The minimum absolute atomic E-state index is 0.0190. The predicted octanol–water partition coefficient (Wildman–Crippen LogP) is 7.20. The summed E-state index contributed by atoms with van der Waals surface area (Å²) in [6, 6.07) is 15.5. The van der Waals surface area contributed by atoms with Gasteiger partial charge in [0.1, 0.15) is 11.4 Å². The van der Waals surface area contributed by atoms with Crippen LogP contribution < -0.4 is 9.21 Å². The van der Waals surface area contributed by atoms with Crippen LogP contribution in [0.25, 0.3) is 11.6 Å². The lowest BCUT2D eigenvalue weighted by Gasteiger charge is -2.54. The third-order valence-corrected chi connectivity index (χ3v) is 11.0. The Labute approximate surface area is 258 Å². The van der Waals surface area contributed by atoms with Crippen molar-refractivity contribution in [3.8, 4) is 6.07 Å². The van der Waals surface area contributed by atoms with Gasteiger partial charge in [-0.2, -0.15) is 18.4 Å². The number of alkyl halides is 3. The summed E-state index contributed by atoms with van der Waals surface area (Å²) in [5.74, 6) is -0.500. The molecular weight excluding hydrogens is 616 g/mol. The van der Waals surface area contributed by atoms with Gasteiger partial charge < -0.3 is 4.90 Å². The maximum Gasteiger partial charge on any atom is 0.416 e. The van der Waals surface area contributed by atoms with E-state index in [1.165, 1.54) is 16.4 Å². The van der Waals surface area contributed by atoms with Gasteiger partial charge in [-0.05, 0) is 79.8 Å². The van der Waals surface area contributed by atoms with Gasteiger partial charge in [0.05, 0.1) is 45.5 Å². The summed E-state index contributed by atoms with van der Waals surface area (Å²) in [4.78, 5) is 3.76. The first-order valence-corrected chi connectivity index (χ1v) is 16.1. The first-order chi connectivity index (χ1) is 20.8. The largest absolute Gasteiger partial charge is 0.416 e. The van der Waals surface area contributed by atoms with Crippen LogP contribution in [0.2, 0.25) is 5.02 Å². The summed E-state index contributed by atoms with van der Waals surface area (Å²) >= 11 is 6.27. The standard InChI is InChI=1S/C32H29ClF4N4O2S/c1-21(30-26(33)7-3-8-27(30)34)15-22-9-10-28-29(16-22)41(44(42,43)25-6-2-5-23(17-25)32(35,36)37)19-24-18-39(13-14-40(24)28)31(20-38)11-4-12-31/h2-3,5-10,15-17,24H,4,11-14,18-19H2,1H3/b21-15+. The summed E-state index contributed by atoms with van der Waals surface area (Å²) in [7, 11) is -4.45. The van der Waals surface area contributed by atoms with Gasteiger partial charge >= 0.3 is 6.18 Å². The van der Waals surface area contributed by atoms with Crippen molar-refractivity contribution in [1.29, 1.82) is 5.26 Å². The van der Waals surface area contributed by atoms with E-state index in [0.717, 1.165) is 37.5 Å². The lowest BCUT2D eigenvalue weighted by atomic mass is 9.76. The molecule has 1 aliphatic carbocycles. The molecule has 1 saturated heterocycles. The van der Waals surface area contributed by atoms with Crippen LogP contribution in [0.4, 0.5) is 28.9 Å². The van der Waals surface area contributed by atoms with E-state index < -0.39 is 38.0 Å². The first kappa shape index (κ1) is 30.4. The minimum Gasteiger partial charge on any atom is -0.362 e. The van der Waals surface area contributed by atoms with Gasteiger partial charge in [0.15, 0.2) is 0 Å². The van der Waals surface area contributed by atoms with Gasteiger partial charge in [0, 0.05) is 25.2 Å². The second kappa shape index (κ2) is 11.1. The summed E-state index contributed by atoms with van der Waals surface area (Å²) in [6.07, 6.45) is -0.577. The molecule has 0 amide bonds. The molecule has 6 nitrogen and oxygen atoms in total.